The Kier molecular flexibility index (Phi) is 3.84. The number of ketones is 2. The fourth-order valence-corrected chi connectivity index (χ4v) is 1.46. The molecule has 0 unspecified atom stereocenters. The van der Waals surface area contributed by atoms with Crippen LogP contribution in [-0.4, -0.2) is 16.7 Å². The van der Waals surface area contributed by atoms with Crippen LogP contribution in [0.1, 0.15) is 17.5 Å². The van der Waals surface area contributed by atoms with Gasteiger partial charge in [0.1, 0.15) is 5.69 Å². The first kappa shape index (κ1) is 13.8. The third-order valence-electron chi connectivity index (χ3n) is 2.44. The molecule has 0 radical (unpaired) electrons. The zero-order chi connectivity index (χ0) is 14.7. The highest BCUT2D eigenvalue weighted by Crippen LogP contribution is 2.21. The van der Waals surface area contributed by atoms with E-state index in [1.807, 2.05) is 0 Å². The van der Waals surface area contributed by atoms with E-state index in [-0.39, 0.29) is 22.8 Å². The van der Waals surface area contributed by atoms with Gasteiger partial charge in [-0.2, -0.15) is 0 Å². The largest absolute Gasteiger partial charge is 0.352 e. The molecule has 1 heterocycles. The van der Waals surface area contributed by atoms with Crippen molar-refractivity contribution in [3.8, 4) is 11.3 Å². The number of rotatable bonds is 4. The molecular formula is C14H9F2NO3. The van der Waals surface area contributed by atoms with E-state index in [1.165, 1.54) is 19.1 Å². The van der Waals surface area contributed by atoms with Crippen molar-refractivity contribution in [2.75, 3.05) is 0 Å². The van der Waals surface area contributed by atoms with Crippen LogP contribution in [0.15, 0.2) is 40.9 Å². The molecule has 6 heteroatoms. The molecule has 4 nitrogen and oxygen atoms in total. The summed E-state index contributed by atoms with van der Waals surface area (Å²) in [6, 6.07) is 4.51. The molecule has 0 saturated carbocycles. The fraction of sp³-hybridized carbons (Fsp3) is 0.0714. The summed E-state index contributed by atoms with van der Waals surface area (Å²) in [5.74, 6) is -2.91. The van der Waals surface area contributed by atoms with Crippen LogP contribution in [0.3, 0.4) is 0 Å². The summed E-state index contributed by atoms with van der Waals surface area (Å²) in [5, 5.41) is 3.60. The molecule has 0 spiro atoms. The van der Waals surface area contributed by atoms with Gasteiger partial charge in [0, 0.05) is 11.6 Å². The topological polar surface area (TPSA) is 60.2 Å². The summed E-state index contributed by atoms with van der Waals surface area (Å²) < 4.78 is 30.7. The molecule has 2 rings (SSSR count). The van der Waals surface area contributed by atoms with E-state index in [0.29, 0.717) is 0 Å². The van der Waals surface area contributed by atoms with Gasteiger partial charge < -0.3 is 4.52 Å². The minimum absolute atomic E-state index is 0.0952. The lowest BCUT2D eigenvalue weighted by atomic mass is 10.1. The van der Waals surface area contributed by atoms with E-state index in [2.05, 4.69) is 5.16 Å². The number of hydrogen-bond acceptors (Lipinski definition) is 4. The second-order valence-corrected chi connectivity index (χ2v) is 4.01. The van der Waals surface area contributed by atoms with Gasteiger partial charge in [0.2, 0.25) is 11.5 Å². The number of allylic oxidation sites excluding steroid dienone is 2. The van der Waals surface area contributed by atoms with E-state index in [4.69, 9.17) is 4.52 Å². The highest BCUT2D eigenvalue weighted by Gasteiger charge is 2.13. The van der Waals surface area contributed by atoms with Crippen molar-refractivity contribution in [1.29, 1.82) is 0 Å². The Labute approximate surface area is 112 Å². The van der Waals surface area contributed by atoms with E-state index >= 15 is 0 Å². The van der Waals surface area contributed by atoms with Gasteiger partial charge in [-0.3, -0.25) is 9.59 Å². The first-order valence-electron chi connectivity index (χ1n) is 5.62. The van der Waals surface area contributed by atoms with E-state index in [9.17, 15) is 18.4 Å². The number of hydrogen-bond donors (Lipinski definition) is 0. The summed E-state index contributed by atoms with van der Waals surface area (Å²) in [7, 11) is 0. The quantitative estimate of drug-likeness (QED) is 0.636. The molecule has 0 N–H and O–H groups in total. The van der Waals surface area contributed by atoms with Gasteiger partial charge in [0.25, 0.3) is 0 Å². The third-order valence-corrected chi connectivity index (χ3v) is 2.44. The van der Waals surface area contributed by atoms with Crippen LogP contribution in [-0.2, 0) is 4.79 Å². The highest BCUT2D eigenvalue weighted by molar-refractivity contribution is 6.06. The van der Waals surface area contributed by atoms with Gasteiger partial charge >= 0.3 is 0 Å². The van der Waals surface area contributed by atoms with Crippen molar-refractivity contribution in [2.24, 2.45) is 0 Å². The Balaban J connectivity index is 2.26. The van der Waals surface area contributed by atoms with Crippen LogP contribution in [0.4, 0.5) is 8.78 Å². The highest BCUT2D eigenvalue weighted by atomic mass is 19.2. The minimum Gasteiger partial charge on any atom is -0.352 e. The maximum atomic E-state index is 13.1. The van der Waals surface area contributed by atoms with Gasteiger partial charge in [0.05, 0.1) is 0 Å². The minimum atomic E-state index is -1.02. The molecule has 2 aromatic rings. The first-order valence-corrected chi connectivity index (χ1v) is 5.62. The number of aromatic nitrogens is 1. The van der Waals surface area contributed by atoms with Crippen molar-refractivity contribution in [3.05, 3.63) is 53.8 Å². The third kappa shape index (κ3) is 3.03. The van der Waals surface area contributed by atoms with Crippen LogP contribution in [0, 0.1) is 11.6 Å². The lowest BCUT2D eigenvalue weighted by Gasteiger charge is -1.96. The van der Waals surface area contributed by atoms with Crippen molar-refractivity contribution in [1.82, 2.24) is 5.16 Å². The Bertz CT molecular complexity index is 704. The average molecular weight is 277 g/mol. The average Bonchev–Trinajstić information content (AvgIpc) is 2.89. The molecule has 0 aliphatic rings. The van der Waals surface area contributed by atoms with Gasteiger partial charge in [-0.05, 0) is 37.3 Å². The molecule has 102 valence electrons. The second kappa shape index (κ2) is 5.56. The maximum absolute atomic E-state index is 13.1. The Morgan fingerprint density at radius 2 is 1.90 bits per heavy atom. The van der Waals surface area contributed by atoms with Crippen molar-refractivity contribution >= 4 is 11.6 Å². The van der Waals surface area contributed by atoms with Crippen LogP contribution >= 0.6 is 0 Å². The standard InChI is InChI=1S/C14H9F2NO3/c1-8(18)2-5-13(19)14-7-12(17-20-14)9-3-4-10(15)11(16)6-9/h2-7H,1H3/b5-2-. The van der Waals surface area contributed by atoms with Crippen molar-refractivity contribution in [2.45, 2.75) is 6.92 Å². The van der Waals surface area contributed by atoms with Crippen LogP contribution in [0.2, 0.25) is 0 Å². The summed E-state index contributed by atoms with van der Waals surface area (Å²) in [6.45, 7) is 1.30. The van der Waals surface area contributed by atoms with Gasteiger partial charge in [0.15, 0.2) is 17.4 Å². The number of nitrogens with zero attached hydrogens (tertiary/aromatic N) is 1. The molecule has 1 aromatic heterocycles. The van der Waals surface area contributed by atoms with E-state index < -0.39 is 17.4 Å². The van der Waals surface area contributed by atoms with E-state index in [0.717, 1.165) is 24.3 Å². The number of benzene rings is 1. The van der Waals surface area contributed by atoms with Gasteiger partial charge in [-0.1, -0.05) is 5.16 Å². The zero-order valence-corrected chi connectivity index (χ0v) is 10.4. The summed E-state index contributed by atoms with van der Waals surface area (Å²) >= 11 is 0. The molecule has 0 saturated heterocycles. The van der Waals surface area contributed by atoms with Gasteiger partial charge in [-0.25, -0.2) is 8.78 Å². The Morgan fingerprint density at radius 1 is 1.15 bits per heavy atom. The van der Waals surface area contributed by atoms with Crippen molar-refractivity contribution in [3.63, 3.8) is 0 Å². The lowest BCUT2D eigenvalue weighted by Crippen LogP contribution is -1.93. The Hall–Kier alpha value is -2.63. The summed E-state index contributed by atoms with van der Waals surface area (Å²) in [5.41, 5.74) is 0.478. The normalized spacial score (nSPS) is 10.9. The van der Waals surface area contributed by atoms with Gasteiger partial charge in [-0.15, -0.1) is 0 Å². The molecule has 0 aliphatic carbocycles. The fourth-order valence-electron chi connectivity index (χ4n) is 1.46. The monoisotopic (exact) mass is 277 g/mol. The van der Waals surface area contributed by atoms with Crippen LogP contribution < -0.4 is 0 Å². The number of carbonyl (C=O) groups excluding carboxylic acids is 2. The van der Waals surface area contributed by atoms with Crippen molar-refractivity contribution < 1.29 is 22.9 Å². The molecule has 0 amide bonds. The first-order chi connectivity index (χ1) is 9.47. The SMILES string of the molecule is CC(=O)/C=C\C(=O)c1cc(-c2ccc(F)c(F)c2)no1. The molecule has 0 bridgehead atoms. The van der Waals surface area contributed by atoms with E-state index in [1.54, 1.807) is 0 Å². The maximum Gasteiger partial charge on any atom is 0.224 e. The number of carbonyl (C=O) groups is 2. The molecule has 1 aromatic carbocycles. The predicted octanol–water partition coefficient (Wildman–Crippen LogP) is 2.95. The molecular weight excluding hydrogens is 268 g/mol. The number of halogens is 2. The smallest absolute Gasteiger partial charge is 0.224 e. The zero-order valence-electron chi connectivity index (χ0n) is 10.4. The van der Waals surface area contributed by atoms with Crippen LogP contribution in [0.25, 0.3) is 11.3 Å². The molecule has 0 fully saturated rings. The predicted molar refractivity (Wildman–Crippen MR) is 66.0 cm³/mol. The molecule has 0 atom stereocenters. The summed E-state index contributed by atoms with van der Waals surface area (Å²) in [6.07, 6.45) is 2.15. The van der Waals surface area contributed by atoms with Crippen LogP contribution in [0.5, 0.6) is 0 Å². The lowest BCUT2D eigenvalue weighted by molar-refractivity contribution is -0.112. The second-order valence-electron chi connectivity index (χ2n) is 4.01. The molecule has 0 aliphatic heterocycles. The molecule has 20 heavy (non-hydrogen) atoms. The Morgan fingerprint density at radius 3 is 2.55 bits per heavy atom. The summed E-state index contributed by atoms with van der Waals surface area (Å²) in [4.78, 5) is 22.3.